The van der Waals surface area contributed by atoms with Crippen LogP contribution in [0.15, 0.2) is 24.3 Å². The van der Waals surface area contributed by atoms with Crippen molar-refractivity contribution in [3.8, 4) is 5.75 Å². The van der Waals surface area contributed by atoms with Gasteiger partial charge in [0.15, 0.2) is 23.3 Å². The van der Waals surface area contributed by atoms with Crippen LogP contribution in [0.25, 0.3) is 0 Å². The van der Waals surface area contributed by atoms with Gasteiger partial charge in [0.1, 0.15) is 11.4 Å². The van der Waals surface area contributed by atoms with E-state index in [0.29, 0.717) is 11.3 Å². The summed E-state index contributed by atoms with van der Waals surface area (Å²) in [6, 6.07) is 6.35. The Hall–Kier alpha value is -2.84. The fraction of sp³-hybridized carbons (Fsp3) is 0.133. The van der Waals surface area contributed by atoms with Gasteiger partial charge in [-0.15, -0.1) is 0 Å². The fourth-order valence-electron chi connectivity index (χ4n) is 1.82. The third kappa shape index (κ3) is 3.55. The van der Waals surface area contributed by atoms with Gasteiger partial charge in [-0.25, -0.2) is 22.0 Å². The molecule has 0 aliphatic heterocycles. The molecule has 128 valence electrons. The highest BCUT2D eigenvalue weighted by molar-refractivity contribution is 5.80. The molecule has 4 nitrogen and oxygen atoms in total. The molecule has 0 fully saturated rings. The first kappa shape index (κ1) is 17.5. The molecule has 1 amide bonds. The van der Waals surface area contributed by atoms with Crippen LogP contribution in [0.5, 0.6) is 5.75 Å². The zero-order chi connectivity index (χ0) is 17.9. The van der Waals surface area contributed by atoms with Gasteiger partial charge in [-0.1, -0.05) is 12.1 Å². The number of halogens is 5. The van der Waals surface area contributed by atoms with E-state index in [9.17, 15) is 26.7 Å². The average Bonchev–Trinajstić information content (AvgIpc) is 2.59. The van der Waals surface area contributed by atoms with Crippen molar-refractivity contribution in [3.63, 3.8) is 0 Å². The summed E-state index contributed by atoms with van der Waals surface area (Å²) < 4.78 is 70.7. The van der Waals surface area contributed by atoms with Crippen LogP contribution in [0.2, 0.25) is 0 Å². The number of hydrazine groups is 1. The second-order valence-electron chi connectivity index (χ2n) is 4.64. The van der Waals surface area contributed by atoms with Crippen molar-refractivity contribution in [3.05, 3.63) is 58.9 Å². The Labute approximate surface area is 133 Å². The minimum atomic E-state index is -2.28. The molecule has 2 aromatic carbocycles. The van der Waals surface area contributed by atoms with E-state index in [1.165, 1.54) is 7.11 Å². The Morgan fingerprint density at radius 2 is 1.42 bits per heavy atom. The Kier molecular flexibility index (Phi) is 5.22. The number of hydrogen-bond acceptors (Lipinski definition) is 3. The van der Waals surface area contributed by atoms with E-state index in [0.717, 1.165) is 0 Å². The summed E-state index contributed by atoms with van der Waals surface area (Å²) in [5.41, 5.74) is 2.80. The molecular formula is C15H11F5N2O2. The van der Waals surface area contributed by atoms with Crippen LogP contribution in [0.4, 0.5) is 27.6 Å². The van der Waals surface area contributed by atoms with Crippen LogP contribution in [0, 0.1) is 29.1 Å². The summed E-state index contributed by atoms with van der Waals surface area (Å²) in [5.74, 6) is -10.8. The first-order valence-electron chi connectivity index (χ1n) is 6.54. The van der Waals surface area contributed by atoms with Gasteiger partial charge in [-0.3, -0.25) is 15.6 Å². The van der Waals surface area contributed by atoms with Gasteiger partial charge in [0.2, 0.25) is 11.7 Å². The van der Waals surface area contributed by atoms with Gasteiger partial charge in [0.05, 0.1) is 13.5 Å². The molecule has 0 spiro atoms. The molecule has 0 aliphatic rings. The molecule has 0 aromatic heterocycles. The molecule has 0 bridgehead atoms. The SMILES string of the molecule is COc1ccc(CC(=O)NNc2c(F)c(F)c(F)c(F)c2F)cc1. The topological polar surface area (TPSA) is 50.4 Å². The highest BCUT2D eigenvalue weighted by atomic mass is 19.2. The lowest BCUT2D eigenvalue weighted by molar-refractivity contribution is -0.119. The van der Waals surface area contributed by atoms with E-state index in [2.05, 4.69) is 0 Å². The number of carbonyl (C=O) groups is 1. The minimum absolute atomic E-state index is 0.188. The van der Waals surface area contributed by atoms with Crippen molar-refractivity contribution < 1.29 is 31.5 Å². The largest absolute Gasteiger partial charge is 0.497 e. The fourth-order valence-corrected chi connectivity index (χ4v) is 1.82. The quantitative estimate of drug-likeness (QED) is 0.379. The number of amides is 1. The van der Waals surface area contributed by atoms with E-state index >= 15 is 0 Å². The van der Waals surface area contributed by atoms with Gasteiger partial charge in [-0.05, 0) is 17.7 Å². The van der Waals surface area contributed by atoms with Crippen molar-refractivity contribution in [2.24, 2.45) is 0 Å². The van der Waals surface area contributed by atoms with E-state index in [1.54, 1.807) is 29.7 Å². The normalized spacial score (nSPS) is 10.4. The lowest BCUT2D eigenvalue weighted by Crippen LogP contribution is -2.32. The standard InChI is InChI=1S/C15H11F5N2O2/c1-24-8-4-2-7(3-5-8)6-9(23)21-22-15-13(19)11(17)10(16)12(18)14(15)20/h2-5,22H,6H2,1H3,(H,21,23). The molecule has 9 heteroatoms. The number of rotatable bonds is 5. The number of carbonyl (C=O) groups excluding carboxylic acids is 1. The molecule has 24 heavy (non-hydrogen) atoms. The lowest BCUT2D eigenvalue weighted by atomic mass is 10.1. The number of ether oxygens (including phenoxy) is 1. The molecule has 2 N–H and O–H groups in total. The van der Waals surface area contributed by atoms with Crippen LogP contribution < -0.4 is 15.6 Å². The average molecular weight is 346 g/mol. The van der Waals surface area contributed by atoms with E-state index in [4.69, 9.17) is 4.74 Å². The van der Waals surface area contributed by atoms with Gasteiger partial charge in [0, 0.05) is 0 Å². The lowest BCUT2D eigenvalue weighted by Gasteiger charge is -2.12. The first-order chi connectivity index (χ1) is 11.3. The van der Waals surface area contributed by atoms with Crippen molar-refractivity contribution in [1.82, 2.24) is 5.43 Å². The molecule has 0 saturated carbocycles. The minimum Gasteiger partial charge on any atom is -0.497 e. The first-order valence-corrected chi connectivity index (χ1v) is 6.54. The number of methoxy groups -OCH3 is 1. The number of benzene rings is 2. The maximum Gasteiger partial charge on any atom is 0.242 e. The highest BCUT2D eigenvalue weighted by Gasteiger charge is 2.25. The van der Waals surface area contributed by atoms with Crippen molar-refractivity contribution in [1.29, 1.82) is 0 Å². The summed E-state index contributed by atoms with van der Waals surface area (Å²) in [7, 11) is 1.47. The highest BCUT2D eigenvalue weighted by Crippen LogP contribution is 2.26. The van der Waals surface area contributed by atoms with Gasteiger partial charge in [0.25, 0.3) is 0 Å². The third-order valence-electron chi connectivity index (χ3n) is 3.06. The van der Waals surface area contributed by atoms with E-state index < -0.39 is 40.7 Å². The predicted octanol–water partition coefficient (Wildman–Crippen LogP) is 3.08. The van der Waals surface area contributed by atoms with Crippen LogP contribution in [0.1, 0.15) is 5.56 Å². The summed E-state index contributed by atoms with van der Waals surface area (Å²) in [4.78, 5) is 11.7. The van der Waals surface area contributed by atoms with Gasteiger partial charge < -0.3 is 4.74 Å². The number of hydrogen-bond donors (Lipinski definition) is 2. The summed E-state index contributed by atoms with van der Waals surface area (Å²) in [6.45, 7) is 0. The van der Waals surface area contributed by atoms with Crippen molar-refractivity contribution in [2.75, 3.05) is 12.5 Å². The smallest absolute Gasteiger partial charge is 0.242 e. The van der Waals surface area contributed by atoms with E-state index in [1.807, 2.05) is 5.43 Å². The predicted molar refractivity (Wildman–Crippen MR) is 74.7 cm³/mol. The van der Waals surface area contributed by atoms with Crippen LogP contribution in [0.3, 0.4) is 0 Å². The van der Waals surface area contributed by atoms with Crippen LogP contribution in [-0.4, -0.2) is 13.0 Å². The summed E-state index contributed by atoms with van der Waals surface area (Å²) in [5, 5.41) is 0. The molecule has 0 radical (unpaired) electrons. The molecule has 2 aromatic rings. The maximum atomic E-state index is 13.4. The maximum absolute atomic E-state index is 13.4. The molecule has 0 unspecified atom stereocenters. The Morgan fingerprint density at radius 1 is 0.917 bits per heavy atom. The second kappa shape index (κ2) is 7.16. The zero-order valence-corrected chi connectivity index (χ0v) is 12.2. The van der Waals surface area contributed by atoms with Crippen molar-refractivity contribution >= 4 is 11.6 Å². The summed E-state index contributed by atoms with van der Waals surface area (Å²) >= 11 is 0. The number of anilines is 1. The Bertz CT molecular complexity index is 736. The molecular weight excluding hydrogens is 335 g/mol. The molecule has 0 aliphatic carbocycles. The third-order valence-corrected chi connectivity index (χ3v) is 3.06. The van der Waals surface area contributed by atoms with Gasteiger partial charge >= 0.3 is 0 Å². The number of nitrogens with one attached hydrogen (secondary N) is 2. The molecule has 0 saturated heterocycles. The van der Waals surface area contributed by atoms with E-state index in [-0.39, 0.29) is 6.42 Å². The molecule has 0 atom stereocenters. The monoisotopic (exact) mass is 346 g/mol. The Morgan fingerprint density at radius 3 is 1.92 bits per heavy atom. The molecule has 2 rings (SSSR count). The Balaban J connectivity index is 2.06. The van der Waals surface area contributed by atoms with Crippen LogP contribution in [-0.2, 0) is 11.2 Å². The van der Waals surface area contributed by atoms with Crippen LogP contribution >= 0.6 is 0 Å². The summed E-state index contributed by atoms with van der Waals surface area (Å²) in [6.07, 6.45) is -0.188. The zero-order valence-electron chi connectivity index (χ0n) is 12.2. The second-order valence-corrected chi connectivity index (χ2v) is 4.64. The van der Waals surface area contributed by atoms with Crippen molar-refractivity contribution in [2.45, 2.75) is 6.42 Å². The molecule has 0 heterocycles. The van der Waals surface area contributed by atoms with Gasteiger partial charge in [-0.2, -0.15) is 0 Å².